The van der Waals surface area contributed by atoms with Crippen LogP contribution in [0.2, 0.25) is 5.02 Å². The van der Waals surface area contributed by atoms with Crippen LogP contribution in [0.4, 0.5) is 23.0 Å². The first-order chi connectivity index (χ1) is 22.1. The molecular formula is C35H30ClN7O2. The quantitative estimate of drug-likeness (QED) is 0.193. The lowest BCUT2D eigenvalue weighted by atomic mass is 10.1. The predicted molar refractivity (Wildman–Crippen MR) is 178 cm³/mol. The number of hydrogen-bond acceptors (Lipinski definition) is 7. The lowest BCUT2D eigenvalue weighted by molar-refractivity contribution is -0.115. The molecule has 2 N–H and O–H groups in total. The van der Waals surface area contributed by atoms with Gasteiger partial charge in [0.05, 0.1) is 41.7 Å². The van der Waals surface area contributed by atoms with Gasteiger partial charge in [-0.3, -0.25) is 9.20 Å². The molecule has 224 valence electrons. The molecule has 0 radical (unpaired) electrons. The first kappa shape index (κ1) is 28.5. The van der Waals surface area contributed by atoms with Crippen molar-refractivity contribution in [3.63, 3.8) is 0 Å². The summed E-state index contributed by atoms with van der Waals surface area (Å²) in [6.45, 7) is 3.15. The minimum Gasteiger partial charge on any atom is -0.378 e. The molecule has 1 aliphatic heterocycles. The van der Waals surface area contributed by atoms with E-state index in [1.165, 1.54) is 0 Å². The number of nitrogens with zero attached hydrogens (tertiary/aromatic N) is 5. The molecule has 7 rings (SSSR count). The van der Waals surface area contributed by atoms with Crippen molar-refractivity contribution in [2.45, 2.75) is 6.42 Å². The summed E-state index contributed by atoms with van der Waals surface area (Å²) < 4.78 is 7.44. The Morgan fingerprint density at radius 1 is 0.867 bits per heavy atom. The number of hydrogen-bond donors (Lipinski definition) is 2. The van der Waals surface area contributed by atoms with Crippen molar-refractivity contribution in [2.24, 2.45) is 0 Å². The van der Waals surface area contributed by atoms with Crippen molar-refractivity contribution >= 4 is 46.2 Å². The molecule has 45 heavy (non-hydrogen) atoms. The van der Waals surface area contributed by atoms with Crippen LogP contribution in [0, 0.1) is 0 Å². The van der Waals surface area contributed by atoms with Gasteiger partial charge in [0, 0.05) is 48.1 Å². The van der Waals surface area contributed by atoms with E-state index in [1.54, 1.807) is 6.20 Å². The summed E-state index contributed by atoms with van der Waals surface area (Å²) >= 11 is 6.61. The summed E-state index contributed by atoms with van der Waals surface area (Å²) in [6.07, 6.45) is 3.93. The van der Waals surface area contributed by atoms with Gasteiger partial charge in [0.15, 0.2) is 5.65 Å². The van der Waals surface area contributed by atoms with Gasteiger partial charge in [-0.15, -0.1) is 0 Å². The number of anilines is 4. The average Bonchev–Trinajstić information content (AvgIpc) is 3.47. The number of halogens is 1. The number of nitrogens with one attached hydrogen (secondary N) is 2. The molecule has 1 saturated heterocycles. The Morgan fingerprint density at radius 2 is 1.69 bits per heavy atom. The fourth-order valence-corrected chi connectivity index (χ4v) is 5.70. The Balaban J connectivity index is 1.21. The number of carbonyl (C=O) groups is 1. The maximum Gasteiger partial charge on any atom is 0.228 e. The zero-order chi connectivity index (χ0) is 30.6. The number of morpholine rings is 1. The van der Waals surface area contributed by atoms with Gasteiger partial charge in [0.1, 0.15) is 0 Å². The lowest BCUT2D eigenvalue weighted by Gasteiger charge is -2.29. The first-order valence-corrected chi connectivity index (χ1v) is 15.1. The Labute approximate surface area is 265 Å². The summed E-state index contributed by atoms with van der Waals surface area (Å²) in [5.74, 6) is 0.359. The number of carbonyl (C=O) groups excluding carboxylic acids is 1. The zero-order valence-corrected chi connectivity index (χ0v) is 25.1. The summed E-state index contributed by atoms with van der Waals surface area (Å²) in [5, 5.41) is 6.91. The zero-order valence-electron chi connectivity index (χ0n) is 24.4. The lowest BCUT2D eigenvalue weighted by Crippen LogP contribution is -2.36. The summed E-state index contributed by atoms with van der Waals surface area (Å²) in [6, 6.07) is 31.1. The van der Waals surface area contributed by atoms with Crippen molar-refractivity contribution < 1.29 is 9.53 Å². The predicted octanol–water partition coefficient (Wildman–Crippen LogP) is 6.87. The fraction of sp³-hybridized carbons (Fsp3) is 0.143. The third-order valence-corrected chi connectivity index (χ3v) is 7.90. The second-order valence-electron chi connectivity index (χ2n) is 10.7. The molecule has 0 aliphatic carbocycles. The molecule has 6 aromatic rings. The Kier molecular flexibility index (Phi) is 8.09. The second kappa shape index (κ2) is 12.8. The molecule has 4 heterocycles. The van der Waals surface area contributed by atoms with Gasteiger partial charge in [-0.05, 0) is 54.1 Å². The van der Waals surface area contributed by atoms with Crippen molar-refractivity contribution in [1.29, 1.82) is 0 Å². The van der Waals surface area contributed by atoms with Gasteiger partial charge in [0.2, 0.25) is 11.9 Å². The van der Waals surface area contributed by atoms with Gasteiger partial charge in [-0.25, -0.2) is 15.0 Å². The van der Waals surface area contributed by atoms with E-state index in [2.05, 4.69) is 32.7 Å². The third-order valence-electron chi connectivity index (χ3n) is 7.61. The SMILES string of the molecule is O=C(Cc1ccccc1)Nc1cccc(-c2nc3c(Cl)cccn3c2-c2ccnc(Nc3cccc(N4CCOCC4)c3)n2)c1. The van der Waals surface area contributed by atoms with Crippen molar-refractivity contribution in [2.75, 3.05) is 41.8 Å². The van der Waals surface area contributed by atoms with Crippen LogP contribution in [0.3, 0.4) is 0 Å². The van der Waals surface area contributed by atoms with E-state index in [4.69, 9.17) is 26.3 Å². The van der Waals surface area contributed by atoms with Crippen LogP contribution >= 0.6 is 11.6 Å². The van der Waals surface area contributed by atoms with Crippen molar-refractivity contribution in [1.82, 2.24) is 19.4 Å². The van der Waals surface area contributed by atoms with Gasteiger partial charge in [0.25, 0.3) is 0 Å². The molecule has 0 saturated carbocycles. The Bertz CT molecular complexity index is 1970. The van der Waals surface area contributed by atoms with E-state index >= 15 is 0 Å². The van der Waals surface area contributed by atoms with Crippen LogP contribution in [-0.2, 0) is 16.0 Å². The molecule has 3 aromatic carbocycles. The largest absolute Gasteiger partial charge is 0.378 e. The molecule has 1 amide bonds. The van der Waals surface area contributed by atoms with Crippen LogP contribution in [-0.4, -0.2) is 51.6 Å². The van der Waals surface area contributed by atoms with Crippen molar-refractivity contribution in [3.8, 4) is 22.6 Å². The Hall–Kier alpha value is -5.25. The minimum absolute atomic E-state index is 0.0965. The van der Waals surface area contributed by atoms with Crippen LogP contribution in [0.5, 0.6) is 0 Å². The maximum atomic E-state index is 12.8. The number of ether oxygens (including phenoxy) is 1. The number of pyridine rings is 1. The van der Waals surface area contributed by atoms with E-state index in [-0.39, 0.29) is 12.3 Å². The van der Waals surface area contributed by atoms with Crippen LogP contribution in [0.15, 0.2) is 109 Å². The van der Waals surface area contributed by atoms with Crippen molar-refractivity contribution in [3.05, 3.63) is 120 Å². The number of imidazole rings is 1. The van der Waals surface area contributed by atoms with Gasteiger partial charge in [-0.2, -0.15) is 0 Å². The highest BCUT2D eigenvalue weighted by Crippen LogP contribution is 2.35. The normalized spacial score (nSPS) is 13.1. The highest BCUT2D eigenvalue weighted by Gasteiger charge is 2.20. The van der Waals surface area contributed by atoms with Gasteiger partial charge >= 0.3 is 0 Å². The topological polar surface area (TPSA) is 96.7 Å². The molecule has 3 aromatic heterocycles. The molecule has 0 unspecified atom stereocenters. The van der Waals surface area contributed by atoms with E-state index in [0.29, 0.717) is 33.7 Å². The molecule has 9 nitrogen and oxygen atoms in total. The summed E-state index contributed by atoms with van der Waals surface area (Å²) in [7, 11) is 0. The van der Waals surface area contributed by atoms with E-state index < -0.39 is 0 Å². The van der Waals surface area contributed by atoms with E-state index in [1.807, 2.05) is 95.5 Å². The molecule has 0 spiro atoms. The maximum absolute atomic E-state index is 12.8. The number of benzene rings is 3. The highest BCUT2D eigenvalue weighted by molar-refractivity contribution is 6.33. The van der Waals surface area contributed by atoms with Crippen LogP contribution in [0.25, 0.3) is 28.3 Å². The Morgan fingerprint density at radius 3 is 2.56 bits per heavy atom. The minimum atomic E-state index is -0.0965. The molecule has 10 heteroatoms. The number of aromatic nitrogens is 4. The molecule has 1 fully saturated rings. The van der Waals surface area contributed by atoms with Crippen LogP contribution < -0.4 is 15.5 Å². The number of rotatable bonds is 8. The summed E-state index contributed by atoms with van der Waals surface area (Å²) in [4.78, 5) is 29.5. The standard InChI is InChI=1S/C35H30ClN7O2/c36-29-13-6-16-43-33(30-14-15-37-35(40-30)39-27-11-5-12-28(23-27)42-17-19-45-20-18-42)32(41-34(29)43)25-9-4-10-26(22-25)38-31(44)21-24-7-2-1-3-8-24/h1-16,22-23H,17-21H2,(H,38,44)(H,37,39,40). The molecule has 1 aliphatic rings. The number of amides is 1. The van der Waals surface area contributed by atoms with Crippen LogP contribution in [0.1, 0.15) is 5.56 Å². The summed E-state index contributed by atoms with van der Waals surface area (Å²) in [5.41, 5.74) is 7.15. The molecular weight excluding hydrogens is 586 g/mol. The van der Waals surface area contributed by atoms with Gasteiger partial charge < -0.3 is 20.3 Å². The monoisotopic (exact) mass is 615 g/mol. The third kappa shape index (κ3) is 6.35. The van der Waals surface area contributed by atoms with E-state index in [0.717, 1.165) is 54.5 Å². The fourth-order valence-electron chi connectivity index (χ4n) is 5.49. The first-order valence-electron chi connectivity index (χ1n) is 14.7. The second-order valence-corrected chi connectivity index (χ2v) is 11.1. The molecule has 0 bridgehead atoms. The smallest absolute Gasteiger partial charge is 0.228 e. The van der Waals surface area contributed by atoms with E-state index in [9.17, 15) is 4.79 Å². The van der Waals surface area contributed by atoms with Gasteiger partial charge in [-0.1, -0.05) is 60.1 Å². The highest BCUT2D eigenvalue weighted by atomic mass is 35.5. The molecule has 0 atom stereocenters. The average molecular weight is 616 g/mol. The number of fused-ring (bicyclic) bond motifs is 1.